The van der Waals surface area contributed by atoms with E-state index < -0.39 is 0 Å². The summed E-state index contributed by atoms with van der Waals surface area (Å²) in [4.78, 5) is 2.41. The van der Waals surface area contributed by atoms with Gasteiger partial charge in [-0.2, -0.15) is 0 Å². The van der Waals surface area contributed by atoms with Crippen LogP contribution < -0.4 is 4.90 Å². The lowest BCUT2D eigenvalue weighted by atomic mass is 9.95. The first-order chi connectivity index (χ1) is 28.2. The molecule has 0 aliphatic carbocycles. The number of fused-ring (bicyclic) bond motifs is 11. The van der Waals surface area contributed by atoms with Crippen LogP contribution in [0.4, 0.5) is 17.1 Å². The van der Waals surface area contributed by atoms with E-state index in [0.29, 0.717) is 0 Å². The predicted octanol–water partition coefficient (Wildman–Crippen LogP) is 16.2. The van der Waals surface area contributed by atoms with Gasteiger partial charge in [0.25, 0.3) is 0 Å². The van der Waals surface area contributed by atoms with E-state index in [1.54, 1.807) is 0 Å². The van der Waals surface area contributed by atoms with Crippen LogP contribution in [0.25, 0.3) is 96.7 Å². The third-order valence-corrected chi connectivity index (χ3v) is 12.8. The highest BCUT2D eigenvalue weighted by molar-refractivity contribution is 7.26. The molecule has 0 N–H and O–H groups in total. The molecule has 2 aromatic heterocycles. The number of furan rings is 1. The van der Waals surface area contributed by atoms with E-state index in [4.69, 9.17) is 4.42 Å². The molecule has 12 rings (SSSR count). The van der Waals surface area contributed by atoms with Crippen LogP contribution in [0.1, 0.15) is 0 Å². The minimum absolute atomic E-state index is 0.873. The second-order valence-corrected chi connectivity index (χ2v) is 15.9. The molecule has 2 nitrogen and oxygen atoms in total. The van der Waals surface area contributed by atoms with Crippen molar-refractivity contribution in [3.63, 3.8) is 0 Å². The maximum Gasteiger partial charge on any atom is 0.143 e. The molecule has 0 saturated carbocycles. The molecule has 0 spiro atoms. The Morgan fingerprint density at radius 2 is 1.04 bits per heavy atom. The summed E-state index contributed by atoms with van der Waals surface area (Å²) in [6, 6.07) is 72.8. The van der Waals surface area contributed by atoms with E-state index in [2.05, 4.69) is 205 Å². The molecule has 0 atom stereocenters. The summed E-state index contributed by atoms with van der Waals surface area (Å²) in [7, 11) is 0. The minimum atomic E-state index is 0.873. The van der Waals surface area contributed by atoms with Crippen molar-refractivity contribution in [1.29, 1.82) is 0 Å². The maximum atomic E-state index is 6.71. The molecular weight excluding hydrogens is 711 g/mol. The van der Waals surface area contributed by atoms with Crippen LogP contribution in [-0.4, -0.2) is 0 Å². The Balaban J connectivity index is 1.08. The van der Waals surface area contributed by atoms with E-state index in [1.807, 2.05) is 11.3 Å². The third-order valence-electron chi connectivity index (χ3n) is 11.6. The number of hydrogen-bond donors (Lipinski definition) is 0. The number of benzene rings is 10. The van der Waals surface area contributed by atoms with Gasteiger partial charge in [0.15, 0.2) is 0 Å². The van der Waals surface area contributed by atoms with E-state index in [-0.39, 0.29) is 0 Å². The van der Waals surface area contributed by atoms with E-state index >= 15 is 0 Å². The van der Waals surface area contributed by atoms with Crippen molar-refractivity contribution in [2.45, 2.75) is 0 Å². The number of rotatable bonds is 5. The Labute approximate surface area is 333 Å². The average Bonchev–Trinajstić information content (AvgIpc) is 3.86. The molecule has 0 saturated heterocycles. The fourth-order valence-electron chi connectivity index (χ4n) is 8.96. The largest absolute Gasteiger partial charge is 0.455 e. The van der Waals surface area contributed by atoms with Crippen LogP contribution in [0.15, 0.2) is 205 Å². The second kappa shape index (κ2) is 12.7. The highest BCUT2D eigenvalue weighted by Crippen LogP contribution is 2.47. The van der Waals surface area contributed by atoms with E-state index in [1.165, 1.54) is 69.4 Å². The zero-order chi connectivity index (χ0) is 37.5. The summed E-state index contributed by atoms with van der Waals surface area (Å²) in [6.45, 7) is 0. The first-order valence-corrected chi connectivity index (χ1v) is 20.2. The van der Waals surface area contributed by atoms with E-state index in [0.717, 1.165) is 44.4 Å². The lowest BCUT2D eigenvalue weighted by molar-refractivity contribution is 0.672. The smallest absolute Gasteiger partial charge is 0.143 e. The molecule has 57 heavy (non-hydrogen) atoms. The van der Waals surface area contributed by atoms with Gasteiger partial charge in [-0.3, -0.25) is 0 Å². The van der Waals surface area contributed by atoms with Gasteiger partial charge in [-0.1, -0.05) is 140 Å². The third kappa shape index (κ3) is 5.10. The quantitative estimate of drug-likeness (QED) is 0.163. The molecule has 0 aliphatic heterocycles. The molecule has 0 aliphatic rings. The fraction of sp³-hybridized carbons (Fsp3) is 0. The number of thiophene rings is 1. The summed E-state index contributed by atoms with van der Waals surface area (Å²) >= 11 is 1.86. The van der Waals surface area contributed by atoms with Crippen molar-refractivity contribution in [3.05, 3.63) is 200 Å². The van der Waals surface area contributed by atoms with Crippen LogP contribution in [-0.2, 0) is 0 Å². The number of anilines is 3. The first kappa shape index (κ1) is 32.1. The van der Waals surface area contributed by atoms with Crippen molar-refractivity contribution < 1.29 is 4.42 Å². The van der Waals surface area contributed by atoms with Crippen LogP contribution in [0.5, 0.6) is 0 Å². The van der Waals surface area contributed by atoms with Gasteiger partial charge in [-0.05, 0) is 110 Å². The molecule has 0 unspecified atom stereocenters. The molecular formula is C54H33NOS. The average molecular weight is 744 g/mol. The summed E-state index contributed by atoms with van der Waals surface area (Å²) in [5.74, 6) is 0. The zero-order valence-corrected chi connectivity index (χ0v) is 31.6. The van der Waals surface area contributed by atoms with Gasteiger partial charge >= 0.3 is 0 Å². The lowest BCUT2D eigenvalue weighted by Gasteiger charge is -2.26. The lowest BCUT2D eigenvalue weighted by Crippen LogP contribution is -2.10. The van der Waals surface area contributed by atoms with Gasteiger partial charge in [-0.15, -0.1) is 11.3 Å². The summed E-state index contributed by atoms with van der Waals surface area (Å²) in [5, 5.41) is 12.1. The molecule has 2 heterocycles. The van der Waals surface area contributed by atoms with Gasteiger partial charge in [0.2, 0.25) is 0 Å². The van der Waals surface area contributed by atoms with Crippen LogP contribution in [0.3, 0.4) is 0 Å². The Kier molecular flexibility index (Phi) is 7.13. The predicted molar refractivity (Wildman–Crippen MR) is 245 cm³/mol. The summed E-state index contributed by atoms with van der Waals surface area (Å²) < 4.78 is 9.27. The van der Waals surface area contributed by atoms with Crippen LogP contribution >= 0.6 is 11.3 Å². The fourth-order valence-corrected chi connectivity index (χ4v) is 10.1. The normalized spacial score (nSPS) is 11.9. The molecule has 0 amide bonds. The number of nitrogens with zero attached hydrogens (tertiary/aromatic N) is 1. The standard InChI is InChI=1S/C54H33NOS/c1-2-10-34(11-3-1)35-22-26-40(27-23-35)55(48-17-9-18-49-53(48)46-30-24-37-13-5-7-15-45(37)54(46)56-49)41-28-31-50-47(33-41)52-44(16-8-19-51(52)57-50)39-25-29-43-38(32-39)21-20-36-12-4-6-14-42(36)43/h1-33H. The van der Waals surface area contributed by atoms with Crippen molar-refractivity contribution >= 4 is 103 Å². The first-order valence-electron chi connectivity index (χ1n) is 19.4. The minimum Gasteiger partial charge on any atom is -0.455 e. The monoisotopic (exact) mass is 743 g/mol. The molecule has 10 aromatic carbocycles. The maximum absolute atomic E-state index is 6.71. The van der Waals surface area contributed by atoms with Crippen LogP contribution in [0.2, 0.25) is 0 Å². The van der Waals surface area contributed by atoms with Gasteiger partial charge in [0.05, 0.1) is 11.1 Å². The summed E-state index contributed by atoms with van der Waals surface area (Å²) in [6.07, 6.45) is 0. The SMILES string of the molecule is c1ccc(-c2ccc(N(c3ccc4sc5cccc(-c6ccc7c(ccc8ccccc87)c6)c5c4c3)c3cccc4oc5c6ccccc6ccc5c34)cc2)cc1. The summed E-state index contributed by atoms with van der Waals surface area (Å²) in [5.41, 5.74) is 9.91. The van der Waals surface area contributed by atoms with Crippen molar-refractivity contribution in [2.75, 3.05) is 4.90 Å². The van der Waals surface area contributed by atoms with Crippen molar-refractivity contribution in [2.24, 2.45) is 0 Å². The highest BCUT2D eigenvalue weighted by Gasteiger charge is 2.22. The second-order valence-electron chi connectivity index (χ2n) is 14.8. The van der Waals surface area contributed by atoms with Crippen molar-refractivity contribution in [3.8, 4) is 22.3 Å². The molecule has 3 heteroatoms. The van der Waals surface area contributed by atoms with Crippen LogP contribution in [0, 0.1) is 0 Å². The highest BCUT2D eigenvalue weighted by atomic mass is 32.1. The van der Waals surface area contributed by atoms with Gasteiger partial charge in [0, 0.05) is 42.3 Å². The Morgan fingerprint density at radius 1 is 0.368 bits per heavy atom. The number of hydrogen-bond acceptors (Lipinski definition) is 3. The Hall–Kier alpha value is -7.20. The van der Waals surface area contributed by atoms with E-state index in [9.17, 15) is 0 Å². The zero-order valence-electron chi connectivity index (χ0n) is 30.8. The van der Waals surface area contributed by atoms with Gasteiger partial charge < -0.3 is 9.32 Å². The molecule has 266 valence electrons. The Bertz CT molecular complexity index is 3520. The topological polar surface area (TPSA) is 16.4 Å². The molecule has 0 fully saturated rings. The Morgan fingerprint density at radius 3 is 1.91 bits per heavy atom. The van der Waals surface area contributed by atoms with Crippen molar-refractivity contribution in [1.82, 2.24) is 0 Å². The molecule has 0 radical (unpaired) electrons. The van der Waals surface area contributed by atoms with Gasteiger partial charge in [0.1, 0.15) is 11.2 Å². The molecule has 0 bridgehead atoms. The molecule has 12 aromatic rings. The van der Waals surface area contributed by atoms with Gasteiger partial charge in [-0.25, -0.2) is 0 Å².